The van der Waals surface area contributed by atoms with Gasteiger partial charge in [-0.25, -0.2) is 13.2 Å². The highest BCUT2D eigenvalue weighted by Gasteiger charge is 2.41. The van der Waals surface area contributed by atoms with Crippen molar-refractivity contribution >= 4 is 10.9 Å². The van der Waals surface area contributed by atoms with E-state index in [0.717, 1.165) is 35.2 Å². The SMILES string of the molecule is C[C@@H]1Cc2c([nH]c3ccccc23)[C@@H](c2c(F)cc(OC[C@H](C)N3CCCC3)cc2F)N1CC(C)(C)F. The molecular weight excluding hydrogens is 463 g/mol. The summed E-state index contributed by atoms with van der Waals surface area (Å²) in [5.74, 6) is -1.17. The Morgan fingerprint density at radius 1 is 1.11 bits per heavy atom. The summed E-state index contributed by atoms with van der Waals surface area (Å²) in [5.41, 5.74) is 1.08. The number of rotatable bonds is 7. The minimum absolute atomic E-state index is 0.0537. The molecule has 194 valence electrons. The lowest BCUT2D eigenvalue weighted by atomic mass is 9.87. The minimum atomic E-state index is -1.53. The summed E-state index contributed by atoms with van der Waals surface area (Å²) < 4.78 is 52.2. The molecule has 0 unspecified atom stereocenters. The first kappa shape index (κ1) is 25.2. The monoisotopic (exact) mass is 499 g/mol. The van der Waals surface area contributed by atoms with Gasteiger partial charge >= 0.3 is 0 Å². The van der Waals surface area contributed by atoms with Gasteiger partial charge in [-0.3, -0.25) is 9.80 Å². The second-order valence-electron chi connectivity index (χ2n) is 11.1. The number of hydrogen-bond donors (Lipinski definition) is 1. The number of aromatic nitrogens is 1. The summed E-state index contributed by atoms with van der Waals surface area (Å²) in [6.45, 7) is 9.55. The van der Waals surface area contributed by atoms with Crippen LogP contribution in [-0.4, -0.2) is 58.8 Å². The average Bonchev–Trinajstić information content (AvgIpc) is 3.47. The molecule has 1 fully saturated rings. The van der Waals surface area contributed by atoms with Crippen LogP contribution in [-0.2, 0) is 6.42 Å². The molecule has 0 radical (unpaired) electrons. The second kappa shape index (κ2) is 9.75. The smallest absolute Gasteiger partial charge is 0.135 e. The number of benzene rings is 2. The van der Waals surface area contributed by atoms with Gasteiger partial charge in [-0.15, -0.1) is 0 Å². The van der Waals surface area contributed by atoms with Gasteiger partial charge < -0.3 is 9.72 Å². The molecule has 0 aliphatic carbocycles. The van der Waals surface area contributed by atoms with E-state index in [1.54, 1.807) is 0 Å². The van der Waals surface area contributed by atoms with E-state index in [0.29, 0.717) is 13.0 Å². The zero-order valence-corrected chi connectivity index (χ0v) is 21.6. The highest BCUT2D eigenvalue weighted by molar-refractivity contribution is 5.85. The van der Waals surface area contributed by atoms with Crippen LogP contribution in [0, 0.1) is 11.6 Å². The fourth-order valence-corrected chi connectivity index (χ4v) is 5.91. The molecule has 3 atom stereocenters. The number of nitrogens with one attached hydrogen (secondary N) is 1. The Morgan fingerprint density at radius 2 is 1.78 bits per heavy atom. The third-order valence-electron chi connectivity index (χ3n) is 7.66. The predicted molar refractivity (Wildman–Crippen MR) is 137 cm³/mol. The molecule has 0 bridgehead atoms. The van der Waals surface area contributed by atoms with Crippen molar-refractivity contribution in [2.45, 2.75) is 70.8 Å². The molecule has 0 spiro atoms. The number of alkyl halides is 1. The van der Waals surface area contributed by atoms with Crippen LogP contribution >= 0.6 is 0 Å². The largest absolute Gasteiger partial charge is 0.492 e. The van der Waals surface area contributed by atoms with Crippen molar-refractivity contribution in [2.75, 3.05) is 26.2 Å². The van der Waals surface area contributed by atoms with Gasteiger partial charge in [0.15, 0.2) is 0 Å². The van der Waals surface area contributed by atoms with Crippen molar-refractivity contribution in [2.24, 2.45) is 0 Å². The highest BCUT2D eigenvalue weighted by Crippen LogP contribution is 2.43. The van der Waals surface area contributed by atoms with Crippen molar-refractivity contribution in [3.63, 3.8) is 0 Å². The molecule has 7 heteroatoms. The van der Waals surface area contributed by atoms with E-state index < -0.39 is 23.3 Å². The summed E-state index contributed by atoms with van der Waals surface area (Å²) >= 11 is 0. The van der Waals surface area contributed by atoms with Gasteiger partial charge in [0, 0.05) is 52.9 Å². The van der Waals surface area contributed by atoms with E-state index in [1.807, 2.05) is 36.1 Å². The van der Waals surface area contributed by atoms with Gasteiger partial charge in [-0.1, -0.05) is 18.2 Å². The number of fused-ring (bicyclic) bond motifs is 3. The molecule has 1 N–H and O–H groups in total. The number of nitrogens with zero attached hydrogens (tertiary/aromatic N) is 2. The maximum atomic E-state index is 15.7. The summed E-state index contributed by atoms with van der Waals surface area (Å²) in [5, 5.41) is 1.04. The van der Waals surface area contributed by atoms with E-state index in [9.17, 15) is 4.39 Å². The molecule has 3 aromatic rings. The molecule has 3 heterocycles. The third-order valence-corrected chi connectivity index (χ3v) is 7.66. The van der Waals surface area contributed by atoms with Crippen LogP contribution in [0.5, 0.6) is 5.75 Å². The first-order valence-electron chi connectivity index (χ1n) is 13.0. The Hall–Kier alpha value is -2.51. The Bertz CT molecular complexity index is 1210. The van der Waals surface area contributed by atoms with Crippen LogP contribution in [0.1, 0.15) is 63.4 Å². The average molecular weight is 500 g/mol. The van der Waals surface area contributed by atoms with Crippen molar-refractivity contribution in [3.8, 4) is 5.75 Å². The minimum Gasteiger partial charge on any atom is -0.492 e. The first-order chi connectivity index (χ1) is 17.1. The standard InChI is InChI=1S/C29H36F3N3O/c1-18-13-22-21-9-5-6-10-25(21)33-27(22)28(35(18)17-29(3,4)32)26-23(30)14-20(15-24(26)31)36-16-19(2)34-11-7-8-12-34/h5-6,9-10,14-15,18-19,28,33H,7-8,11-13,16-17H2,1-4H3/t18-,19+,28-/m1/s1. The molecule has 36 heavy (non-hydrogen) atoms. The van der Waals surface area contributed by atoms with E-state index in [-0.39, 0.29) is 29.9 Å². The lowest BCUT2D eigenvalue weighted by molar-refractivity contribution is 0.0642. The summed E-state index contributed by atoms with van der Waals surface area (Å²) in [6, 6.07) is 9.72. The second-order valence-corrected chi connectivity index (χ2v) is 11.1. The number of aromatic amines is 1. The van der Waals surface area contributed by atoms with Crippen molar-refractivity contribution < 1.29 is 17.9 Å². The zero-order chi connectivity index (χ0) is 25.6. The van der Waals surface area contributed by atoms with Gasteiger partial charge in [-0.05, 0) is 71.7 Å². The lowest BCUT2D eigenvalue weighted by Gasteiger charge is -2.43. The Kier molecular flexibility index (Phi) is 6.81. The van der Waals surface area contributed by atoms with Crippen LogP contribution in [0.2, 0.25) is 0 Å². The van der Waals surface area contributed by atoms with Gasteiger partial charge in [0.25, 0.3) is 0 Å². The number of para-hydroxylation sites is 1. The molecule has 5 rings (SSSR count). The van der Waals surface area contributed by atoms with Crippen LogP contribution in [0.25, 0.3) is 10.9 Å². The van der Waals surface area contributed by atoms with Crippen LogP contribution in [0.15, 0.2) is 36.4 Å². The third kappa shape index (κ3) is 4.88. The maximum absolute atomic E-state index is 15.7. The Morgan fingerprint density at radius 3 is 2.44 bits per heavy atom. The van der Waals surface area contributed by atoms with Gasteiger partial charge in [0.1, 0.15) is 29.7 Å². The van der Waals surface area contributed by atoms with Crippen LogP contribution in [0.4, 0.5) is 13.2 Å². The van der Waals surface area contributed by atoms with E-state index >= 15 is 8.78 Å². The van der Waals surface area contributed by atoms with E-state index in [2.05, 4.69) is 16.8 Å². The van der Waals surface area contributed by atoms with Crippen molar-refractivity contribution in [3.05, 3.63) is 64.9 Å². The fraction of sp³-hybridized carbons (Fsp3) is 0.517. The number of halogens is 3. The molecule has 0 amide bonds. The molecular formula is C29H36F3N3O. The number of ether oxygens (including phenoxy) is 1. The van der Waals surface area contributed by atoms with E-state index in [1.165, 1.54) is 38.8 Å². The highest BCUT2D eigenvalue weighted by atomic mass is 19.1. The van der Waals surface area contributed by atoms with Gasteiger partial charge in [-0.2, -0.15) is 0 Å². The van der Waals surface area contributed by atoms with Crippen LogP contribution < -0.4 is 4.74 Å². The number of likely N-dealkylation sites (tertiary alicyclic amines) is 1. The summed E-state index contributed by atoms with van der Waals surface area (Å²) in [7, 11) is 0. The fourth-order valence-electron chi connectivity index (χ4n) is 5.91. The van der Waals surface area contributed by atoms with Gasteiger partial charge in [0.05, 0.1) is 6.04 Å². The first-order valence-corrected chi connectivity index (χ1v) is 13.0. The number of H-pyrrole nitrogens is 1. The van der Waals surface area contributed by atoms with Gasteiger partial charge in [0.2, 0.25) is 0 Å². The zero-order valence-electron chi connectivity index (χ0n) is 21.6. The van der Waals surface area contributed by atoms with Crippen molar-refractivity contribution in [1.82, 2.24) is 14.8 Å². The molecule has 2 aromatic carbocycles. The van der Waals surface area contributed by atoms with Crippen molar-refractivity contribution in [1.29, 1.82) is 0 Å². The maximum Gasteiger partial charge on any atom is 0.135 e. The normalized spacial score (nSPS) is 22.2. The van der Waals surface area contributed by atoms with E-state index in [4.69, 9.17) is 4.74 Å². The molecule has 2 aliphatic rings. The topological polar surface area (TPSA) is 31.5 Å². The molecule has 4 nitrogen and oxygen atoms in total. The predicted octanol–water partition coefficient (Wildman–Crippen LogP) is 6.39. The lowest BCUT2D eigenvalue weighted by Crippen LogP contribution is -2.48. The molecule has 2 aliphatic heterocycles. The Balaban J connectivity index is 1.52. The Labute approximate surface area is 211 Å². The number of hydrogen-bond acceptors (Lipinski definition) is 3. The summed E-state index contributed by atoms with van der Waals surface area (Å²) in [6.07, 6.45) is 3.01. The molecule has 1 aromatic heterocycles. The molecule has 1 saturated heterocycles. The summed E-state index contributed by atoms with van der Waals surface area (Å²) in [4.78, 5) is 7.62. The van der Waals surface area contributed by atoms with Crippen LogP contribution in [0.3, 0.4) is 0 Å². The molecule has 0 saturated carbocycles. The quantitative estimate of drug-likeness (QED) is 0.409.